The van der Waals surface area contributed by atoms with E-state index in [-0.39, 0.29) is 25.0 Å². The SMILES string of the molecule is CC(C)NC(=O)N(C1CC1)C(CCN)C(F)(F)F. The molecule has 106 valence electrons. The Hall–Kier alpha value is -0.980. The van der Waals surface area contributed by atoms with Gasteiger partial charge in [0.25, 0.3) is 0 Å². The molecule has 4 nitrogen and oxygen atoms in total. The van der Waals surface area contributed by atoms with E-state index in [1.165, 1.54) is 0 Å². The Kier molecular flexibility index (Phi) is 4.84. The summed E-state index contributed by atoms with van der Waals surface area (Å²) in [6.45, 7) is 3.34. The van der Waals surface area contributed by atoms with Crippen LogP contribution in [0.5, 0.6) is 0 Å². The minimum absolute atomic E-state index is 0.0949. The summed E-state index contributed by atoms with van der Waals surface area (Å²) in [6.07, 6.45) is -3.44. The zero-order chi connectivity index (χ0) is 13.9. The fourth-order valence-corrected chi connectivity index (χ4v) is 1.85. The van der Waals surface area contributed by atoms with Gasteiger partial charge in [0.05, 0.1) is 0 Å². The van der Waals surface area contributed by atoms with Gasteiger partial charge in [0.2, 0.25) is 0 Å². The topological polar surface area (TPSA) is 58.4 Å². The molecule has 1 rings (SSSR count). The van der Waals surface area contributed by atoms with Gasteiger partial charge in [0, 0.05) is 12.1 Å². The summed E-state index contributed by atoms with van der Waals surface area (Å²) in [5.74, 6) is 0. The van der Waals surface area contributed by atoms with Crippen molar-refractivity contribution in [1.29, 1.82) is 0 Å². The van der Waals surface area contributed by atoms with Crippen molar-refractivity contribution in [3.63, 3.8) is 0 Å². The number of halogens is 3. The molecule has 1 aliphatic rings. The van der Waals surface area contributed by atoms with E-state index in [0.29, 0.717) is 12.8 Å². The lowest BCUT2D eigenvalue weighted by Crippen LogP contribution is -2.55. The van der Waals surface area contributed by atoms with E-state index in [9.17, 15) is 18.0 Å². The van der Waals surface area contributed by atoms with Crippen LogP contribution >= 0.6 is 0 Å². The van der Waals surface area contributed by atoms with Crippen molar-refractivity contribution in [2.75, 3.05) is 6.54 Å². The zero-order valence-electron chi connectivity index (χ0n) is 10.6. The summed E-state index contributed by atoms with van der Waals surface area (Å²) in [6, 6.07) is -2.93. The second-order valence-corrected chi connectivity index (χ2v) is 4.88. The first-order chi connectivity index (χ1) is 8.27. The smallest absolute Gasteiger partial charge is 0.336 e. The highest BCUT2D eigenvalue weighted by atomic mass is 19.4. The maximum Gasteiger partial charge on any atom is 0.408 e. The van der Waals surface area contributed by atoms with Crippen molar-refractivity contribution in [3.05, 3.63) is 0 Å². The van der Waals surface area contributed by atoms with Gasteiger partial charge in [0.1, 0.15) is 6.04 Å². The van der Waals surface area contributed by atoms with Gasteiger partial charge in [-0.1, -0.05) is 0 Å². The average Bonchev–Trinajstić information content (AvgIpc) is 2.98. The quantitative estimate of drug-likeness (QED) is 0.798. The number of nitrogens with two attached hydrogens (primary N) is 1. The van der Waals surface area contributed by atoms with Crippen LogP contribution in [-0.2, 0) is 0 Å². The van der Waals surface area contributed by atoms with Crippen molar-refractivity contribution in [1.82, 2.24) is 10.2 Å². The predicted molar refractivity (Wildman–Crippen MR) is 62.0 cm³/mol. The Morgan fingerprint density at radius 1 is 1.44 bits per heavy atom. The third kappa shape index (κ3) is 4.04. The minimum Gasteiger partial charge on any atom is -0.336 e. The monoisotopic (exact) mass is 267 g/mol. The number of carbonyl (C=O) groups is 1. The van der Waals surface area contributed by atoms with Crippen molar-refractivity contribution < 1.29 is 18.0 Å². The lowest BCUT2D eigenvalue weighted by Gasteiger charge is -2.33. The first-order valence-electron chi connectivity index (χ1n) is 6.13. The summed E-state index contributed by atoms with van der Waals surface area (Å²) in [4.78, 5) is 12.8. The summed E-state index contributed by atoms with van der Waals surface area (Å²) in [5.41, 5.74) is 5.23. The highest BCUT2D eigenvalue weighted by Gasteiger charge is 2.49. The fourth-order valence-electron chi connectivity index (χ4n) is 1.85. The largest absolute Gasteiger partial charge is 0.408 e. The van der Waals surface area contributed by atoms with Crippen LogP contribution in [0.25, 0.3) is 0 Å². The van der Waals surface area contributed by atoms with E-state index in [4.69, 9.17) is 5.73 Å². The highest BCUT2D eigenvalue weighted by Crippen LogP contribution is 2.36. The number of rotatable bonds is 5. The van der Waals surface area contributed by atoms with Crippen molar-refractivity contribution >= 4 is 6.03 Å². The molecule has 0 spiro atoms. The second-order valence-electron chi connectivity index (χ2n) is 4.88. The van der Waals surface area contributed by atoms with Crippen molar-refractivity contribution in [2.45, 2.75) is 57.4 Å². The average molecular weight is 267 g/mol. The zero-order valence-corrected chi connectivity index (χ0v) is 10.6. The van der Waals surface area contributed by atoms with Gasteiger partial charge in [0.15, 0.2) is 0 Å². The summed E-state index contributed by atoms with van der Waals surface area (Å²) < 4.78 is 38.9. The van der Waals surface area contributed by atoms with Crippen LogP contribution in [0.1, 0.15) is 33.1 Å². The Labute approximate surface area is 105 Å². The molecule has 2 amide bonds. The van der Waals surface area contributed by atoms with E-state index < -0.39 is 18.2 Å². The summed E-state index contributed by atoms with van der Waals surface area (Å²) in [7, 11) is 0. The number of hydrogen-bond donors (Lipinski definition) is 2. The van der Waals surface area contributed by atoms with Gasteiger partial charge in [-0.15, -0.1) is 0 Å². The van der Waals surface area contributed by atoms with E-state index in [1.807, 2.05) is 0 Å². The molecule has 0 aromatic rings. The number of amides is 2. The third-order valence-corrected chi connectivity index (χ3v) is 2.74. The van der Waals surface area contributed by atoms with Gasteiger partial charge >= 0.3 is 12.2 Å². The molecule has 18 heavy (non-hydrogen) atoms. The van der Waals surface area contributed by atoms with Crippen LogP contribution in [0.2, 0.25) is 0 Å². The maximum atomic E-state index is 13.0. The van der Waals surface area contributed by atoms with Gasteiger partial charge in [-0.3, -0.25) is 0 Å². The standard InChI is InChI=1S/C11H20F3N3O/c1-7(2)16-10(18)17(8-3-4-8)9(5-6-15)11(12,13)14/h7-9H,3-6,15H2,1-2H3,(H,16,18). The number of nitrogens with one attached hydrogen (secondary N) is 1. The Balaban J connectivity index is 2.83. The van der Waals surface area contributed by atoms with E-state index >= 15 is 0 Å². The Morgan fingerprint density at radius 2 is 2.00 bits per heavy atom. The van der Waals surface area contributed by atoms with Crippen LogP contribution in [0.4, 0.5) is 18.0 Å². The number of urea groups is 1. The highest BCUT2D eigenvalue weighted by molar-refractivity contribution is 5.75. The van der Waals surface area contributed by atoms with E-state index in [2.05, 4.69) is 5.32 Å². The van der Waals surface area contributed by atoms with E-state index in [0.717, 1.165) is 4.90 Å². The molecule has 3 N–H and O–H groups in total. The molecular formula is C11H20F3N3O. The molecule has 1 fully saturated rings. The summed E-state index contributed by atoms with van der Waals surface area (Å²) >= 11 is 0. The first kappa shape index (κ1) is 15.1. The minimum atomic E-state index is -4.43. The lowest BCUT2D eigenvalue weighted by atomic mass is 10.1. The van der Waals surface area contributed by atoms with Crippen molar-refractivity contribution in [3.8, 4) is 0 Å². The van der Waals surface area contributed by atoms with Crippen LogP contribution < -0.4 is 11.1 Å². The van der Waals surface area contributed by atoms with Crippen molar-refractivity contribution in [2.24, 2.45) is 5.73 Å². The molecule has 1 aliphatic carbocycles. The molecule has 0 aliphatic heterocycles. The molecule has 0 heterocycles. The maximum absolute atomic E-state index is 13.0. The number of carbonyl (C=O) groups excluding carboxylic acids is 1. The van der Waals surface area contributed by atoms with Gasteiger partial charge in [-0.05, 0) is 39.7 Å². The molecular weight excluding hydrogens is 247 g/mol. The van der Waals surface area contributed by atoms with Crippen LogP contribution in [0.15, 0.2) is 0 Å². The first-order valence-corrected chi connectivity index (χ1v) is 6.13. The second kappa shape index (κ2) is 5.77. The molecule has 0 aromatic heterocycles. The van der Waals surface area contributed by atoms with Crippen LogP contribution in [0.3, 0.4) is 0 Å². The van der Waals surface area contributed by atoms with Crippen LogP contribution in [0, 0.1) is 0 Å². The molecule has 7 heteroatoms. The normalized spacial score (nSPS) is 17.7. The van der Waals surface area contributed by atoms with E-state index in [1.54, 1.807) is 13.8 Å². The summed E-state index contributed by atoms with van der Waals surface area (Å²) in [5, 5.41) is 2.52. The number of alkyl halides is 3. The molecule has 0 saturated heterocycles. The molecule has 0 bridgehead atoms. The third-order valence-electron chi connectivity index (χ3n) is 2.74. The fraction of sp³-hybridized carbons (Fsp3) is 0.909. The lowest BCUT2D eigenvalue weighted by molar-refractivity contribution is -0.178. The Morgan fingerprint density at radius 3 is 2.33 bits per heavy atom. The number of nitrogens with zero attached hydrogens (tertiary/aromatic N) is 1. The van der Waals surface area contributed by atoms with Gasteiger partial charge in [-0.25, -0.2) is 4.79 Å². The Bertz CT molecular complexity index is 290. The molecule has 1 saturated carbocycles. The van der Waals surface area contributed by atoms with Gasteiger partial charge < -0.3 is 16.0 Å². The van der Waals surface area contributed by atoms with Crippen LogP contribution in [-0.4, -0.2) is 41.8 Å². The predicted octanol–water partition coefficient (Wildman–Crippen LogP) is 1.85. The molecule has 0 radical (unpaired) electrons. The molecule has 0 aromatic carbocycles. The molecule has 1 atom stereocenters. The number of hydrogen-bond acceptors (Lipinski definition) is 2. The van der Waals surface area contributed by atoms with Gasteiger partial charge in [-0.2, -0.15) is 13.2 Å². The molecule has 1 unspecified atom stereocenters.